The minimum Gasteiger partial charge on any atom is -0.395 e. The summed E-state index contributed by atoms with van der Waals surface area (Å²) in [6, 6.07) is 6.53. The summed E-state index contributed by atoms with van der Waals surface area (Å²) >= 11 is 1.42. The molecule has 0 bridgehead atoms. The van der Waals surface area contributed by atoms with Gasteiger partial charge in [0.05, 0.1) is 16.3 Å². The van der Waals surface area contributed by atoms with Crippen molar-refractivity contribution in [3.63, 3.8) is 0 Å². The quantitative estimate of drug-likeness (QED) is 0.473. The summed E-state index contributed by atoms with van der Waals surface area (Å²) in [6.45, 7) is 5.02. The summed E-state index contributed by atoms with van der Waals surface area (Å²) in [5.41, 5.74) is 3.07. The molecular weight excluding hydrogens is 368 g/mol. The molecule has 27 heavy (non-hydrogen) atoms. The first-order chi connectivity index (χ1) is 12.8. The van der Waals surface area contributed by atoms with E-state index in [0.717, 1.165) is 21.3 Å². The number of thiazole rings is 1. The van der Waals surface area contributed by atoms with Crippen molar-refractivity contribution in [1.29, 1.82) is 0 Å². The van der Waals surface area contributed by atoms with Gasteiger partial charge < -0.3 is 9.32 Å². The number of likely N-dealkylation sites (N-methyl/N-ethyl adjacent to an activating group) is 1. The van der Waals surface area contributed by atoms with Gasteiger partial charge in [-0.15, -0.1) is 0 Å². The molecule has 9 heteroatoms. The van der Waals surface area contributed by atoms with Crippen LogP contribution in [0.4, 0.5) is 11.0 Å². The summed E-state index contributed by atoms with van der Waals surface area (Å²) in [6.07, 6.45) is 0. The van der Waals surface area contributed by atoms with E-state index in [2.05, 4.69) is 4.98 Å². The molecule has 0 unspecified atom stereocenters. The zero-order chi connectivity index (χ0) is 19.7. The lowest BCUT2D eigenvalue weighted by Crippen LogP contribution is -2.36. The van der Waals surface area contributed by atoms with Gasteiger partial charge in [-0.2, -0.15) is 0 Å². The lowest BCUT2D eigenvalue weighted by molar-refractivity contribution is -0.402. The number of hydrogen-bond acceptors (Lipinski definition) is 7. The molecule has 0 aliphatic heterocycles. The van der Waals surface area contributed by atoms with Crippen molar-refractivity contribution in [3.05, 3.63) is 51.3 Å². The van der Waals surface area contributed by atoms with Gasteiger partial charge in [-0.25, -0.2) is 4.98 Å². The molecule has 0 spiro atoms. The Morgan fingerprint density at radius 1 is 1.22 bits per heavy atom. The van der Waals surface area contributed by atoms with E-state index in [1.165, 1.54) is 28.4 Å². The molecule has 3 rings (SSSR count). The van der Waals surface area contributed by atoms with Gasteiger partial charge in [0, 0.05) is 13.1 Å². The maximum atomic E-state index is 13.0. The minimum atomic E-state index is -0.662. The number of carbonyl (C=O) groups is 1. The number of amides is 1. The van der Waals surface area contributed by atoms with E-state index in [4.69, 9.17) is 4.42 Å². The van der Waals surface area contributed by atoms with Crippen LogP contribution in [0.3, 0.4) is 0 Å². The van der Waals surface area contributed by atoms with Gasteiger partial charge in [0.15, 0.2) is 10.9 Å². The van der Waals surface area contributed by atoms with Crippen LogP contribution in [0.25, 0.3) is 10.2 Å². The van der Waals surface area contributed by atoms with Crippen LogP contribution >= 0.6 is 11.3 Å². The molecule has 0 atom stereocenters. The van der Waals surface area contributed by atoms with Crippen LogP contribution in [0, 0.1) is 24.0 Å². The molecule has 0 saturated heterocycles. The smallest absolute Gasteiger partial charge is 0.395 e. The maximum absolute atomic E-state index is 13.0. The predicted molar refractivity (Wildman–Crippen MR) is 105 cm³/mol. The van der Waals surface area contributed by atoms with Gasteiger partial charge in [-0.3, -0.25) is 19.8 Å². The third-order valence-corrected chi connectivity index (χ3v) is 5.35. The maximum Gasteiger partial charge on any atom is 0.433 e. The van der Waals surface area contributed by atoms with Gasteiger partial charge in [0.1, 0.15) is 4.92 Å². The van der Waals surface area contributed by atoms with E-state index >= 15 is 0 Å². The minimum absolute atomic E-state index is 0.0763. The summed E-state index contributed by atoms with van der Waals surface area (Å²) in [7, 11) is 3.82. The van der Waals surface area contributed by atoms with Gasteiger partial charge in [-0.1, -0.05) is 17.4 Å². The molecule has 0 aliphatic carbocycles. The Labute approximate surface area is 160 Å². The van der Waals surface area contributed by atoms with E-state index in [1.807, 2.05) is 45.0 Å². The summed E-state index contributed by atoms with van der Waals surface area (Å²) in [5.74, 6) is -0.979. The fraction of sp³-hybridized carbons (Fsp3) is 0.333. The van der Waals surface area contributed by atoms with Crippen molar-refractivity contribution in [2.45, 2.75) is 13.8 Å². The zero-order valence-electron chi connectivity index (χ0n) is 15.6. The highest BCUT2D eigenvalue weighted by atomic mass is 32.1. The van der Waals surface area contributed by atoms with E-state index in [-0.39, 0.29) is 5.76 Å². The Kier molecular flexibility index (Phi) is 5.24. The van der Waals surface area contributed by atoms with Crippen LogP contribution in [0.5, 0.6) is 0 Å². The van der Waals surface area contributed by atoms with Crippen LogP contribution in [0.1, 0.15) is 21.7 Å². The SMILES string of the molecule is Cc1ccc2sc(N(CCN(C)C)C(=O)c3ccc([N+](=O)[O-])o3)nc2c1C. The summed E-state index contributed by atoms with van der Waals surface area (Å²) < 4.78 is 6.09. The number of hydrogen-bond donors (Lipinski definition) is 0. The number of fused-ring (bicyclic) bond motifs is 1. The Morgan fingerprint density at radius 2 is 1.96 bits per heavy atom. The lowest BCUT2D eigenvalue weighted by atomic mass is 10.1. The third kappa shape index (κ3) is 3.83. The van der Waals surface area contributed by atoms with Crippen molar-refractivity contribution < 1.29 is 14.1 Å². The first kappa shape index (κ1) is 19.0. The van der Waals surface area contributed by atoms with E-state index < -0.39 is 16.7 Å². The molecule has 0 aliphatic rings. The van der Waals surface area contributed by atoms with Crippen molar-refractivity contribution in [2.75, 3.05) is 32.1 Å². The number of aromatic nitrogens is 1. The van der Waals surface area contributed by atoms with Gasteiger partial charge in [-0.05, 0) is 51.2 Å². The molecule has 3 aromatic rings. The largest absolute Gasteiger partial charge is 0.433 e. The Balaban J connectivity index is 2.01. The molecule has 2 aromatic heterocycles. The molecule has 0 N–H and O–H groups in total. The van der Waals surface area contributed by atoms with Crippen LogP contribution in [0.15, 0.2) is 28.7 Å². The molecule has 2 heterocycles. The second-order valence-corrected chi connectivity index (χ2v) is 7.51. The first-order valence-corrected chi connectivity index (χ1v) is 9.17. The van der Waals surface area contributed by atoms with Crippen LogP contribution in [-0.2, 0) is 0 Å². The van der Waals surface area contributed by atoms with Crippen molar-refractivity contribution in [1.82, 2.24) is 9.88 Å². The highest BCUT2D eigenvalue weighted by Crippen LogP contribution is 2.33. The molecule has 8 nitrogen and oxygen atoms in total. The Bertz CT molecular complexity index is 1010. The topological polar surface area (TPSA) is 92.7 Å². The number of nitrogens with zero attached hydrogens (tertiary/aromatic N) is 4. The van der Waals surface area contributed by atoms with Gasteiger partial charge in [0.2, 0.25) is 0 Å². The molecule has 0 saturated carbocycles. The van der Waals surface area contributed by atoms with Crippen molar-refractivity contribution in [2.24, 2.45) is 0 Å². The monoisotopic (exact) mass is 388 g/mol. The summed E-state index contributed by atoms with van der Waals surface area (Å²) in [5, 5.41) is 11.4. The molecular formula is C18H20N4O4S. The van der Waals surface area contributed by atoms with Crippen LogP contribution < -0.4 is 4.90 Å². The number of nitro groups is 1. The first-order valence-electron chi connectivity index (χ1n) is 8.35. The molecule has 0 fully saturated rings. The van der Waals surface area contributed by atoms with Crippen molar-refractivity contribution in [3.8, 4) is 0 Å². The molecule has 1 aromatic carbocycles. The highest BCUT2D eigenvalue weighted by Gasteiger charge is 2.26. The van der Waals surface area contributed by atoms with E-state index in [0.29, 0.717) is 18.2 Å². The average Bonchev–Trinajstić information content (AvgIpc) is 3.25. The number of rotatable bonds is 6. The lowest BCUT2D eigenvalue weighted by Gasteiger charge is -2.20. The number of anilines is 1. The number of benzene rings is 1. The van der Waals surface area contributed by atoms with E-state index in [9.17, 15) is 14.9 Å². The standard InChI is InChI=1S/C18H20N4O4S/c1-11-5-7-14-16(12(11)2)19-18(27-14)21(10-9-20(3)4)17(23)13-6-8-15(26-13)22(24)25/h5-8H,9-10H2,1-4H3. The Hall–Kier alpha value is -2.78. The van der Waals surface area contributed by atoms with Crippen molar-refractivity contribution >= 4 is 38.5 Å². The number of carbonyl (C=O) groups excluding carboxylic acids is 1. The fourth-order valence-corrected chi connectivity index (χ4v) is 3.64. The van der Waals surface area contributed by atoms with Crippen LogP contribution in [0.2, 0.25) is 0 Å². The number of aryl methyl sites for hydroxylation is 2. The fourth-order valence-electron chi connectivity index (χ4n) is 2.59. The van der Waals surface area contributed by atoms with Gasteiger partial charge in [0.25, 0.3) is 5.91 Å². The molecule has 142 valence electrons. The second-order valence-electron chi connectivity index (χ2n) is 6.51. The highest BCUT2D eigenvalue weighted by molar-refractivity contribution is 7.22. The molecule has 0 radical (unpaired) electrons. The summed E-state index contributed by atoms with van der Waals surface area (Å²) in [4.78, 5) is 31.3. The zero-order valence-corrected chi connectivity index (χ0v) is 16.4. The van der Waals surface area contributed by atoms with Crippen LogP contribution in [-0.4, -0.2) is 47.9 Å². The Morgan fingerprint density at radius 3 is 2.59 bits per heavy atom. The van der Waals surface area contributed by atoms with E-state index in [1.54, 1.807) is 0 Å². The van der Waals surface area contributed by atoms with Gasteiger partial charge >= 0.3 is 5.88 Å². The molecule has 1 amide bonds. The normalized spacial score (nSPS) is 11.3. The predicted octanol–water partition coefficient (Wildman–Crippen LogP) is 3.62. The second kappa shape index (κ2) is 7.45. The average molecular weight is 388 g/mol. The third-order valence-electron chi connectivity index (χ3n) is 4.30. The number of furan rings is 1.